The zero-order chi connectivity index (χ0) is 13.8. The molecule has 0 saturated heterocycles. The number of ether oxygens (including phenoxy) is 1. The predicted molar refractivity (Wildman–Crippen MR) is 69.8 cm³/mol. The Kier molecular flexibility index (Phi) is 4.14. The predicted octanol–water partition coefficient (Wildman–Crippen LogP) is 3.04. The number of nitro benzene ring substituents is 1. The average Bonchev–Trinajstić information content (AvgIpc) is 2.46. The number of benzene rings is 1. The molecule has 0 bridgehead atoms. The van der Waals surface area contributed by atoms with Gasteiger partial charge in [-0.15, -0.1) is 0 Å². The fraction of sp³-hybridized carbons (Fsp3) is 0.500. The minimum Gasteiger partial charge on any atom is -0.469 e. The van der Waals surface area contributed by atoms with E-state index in [0.717, 1.165) is 31.2 Å². The van der Waals surface area contributed by atoms with Gasteiger partial charge in [0.25, 0.3) is 5.69 Å². The second-order valence-electron chi connectivity index (χ2n) is 4.92. The molecule has 1 aromatic carbocycles. The van der Waals surface area contributed by atoms with E-state index in [1.165, 1.54) is 7.11 Å². The lowest BCUT2D eigenvalue weighted by molar-refractivity contribution is -0.384. The van der Waals surface area contributed by atoms with Crippen molar-refractivity contribution in [3.63, 3.8) is 0 Å². The molecule has 102 valence electrons. The third-order valence-electron chi connectivity index (χ3n) is 3.84. The van der Waals surface area contributed by atoms with Gasteiger partial charge in [-0.3, -0.25) is 14.9 Å². The minimum atomic E-state index is -0.391. The van der Waals surface area contributed by atoms with Crippen LogP contribution in [-0.2, 0) is 9.53 Å². The maximum absolute atomic E-state index is 11.4. The lowest BCUT2D eigenvalue weighted by Gasteiger charge is -2.27. The van der Waals surface area contributed by atoms with Crippen LogP contribution in [0.25, 0.3) is 0 Å². The van der Waals surface area contributed by atoms with Crippen LogP contribution in [0.2, 0.25) is 0 Å². The molecule has 0 unspecified atom stereocenters. The molecule has 0 aliphatic heterocycles. The highest BCUT2D eigenvalue weighted by atomic mass is 16.6. The van der Waals surface area contributed by atoms with Gasteiger partial charge >= 0.3 is 5.97 Å². The zero-order valence-corrected chi connectivity index (χ0v) is 10.9. The summed E-state index contributed by atoms with van der Waals surface area (Å²) >= 11 is 0. The number of hydrogen-bond donors (Lipinski definition) is 0. The Morgan fingerprint density at radius 1 is 1.21 bits per heavy atom. The number of carbonyl (C=O) groups is 1. The largest absolute Gasteiger partial charge is 0.469 e. The van der Waals surface area contributed by atoms with Gasteiger partial charge in [0.05, 0.1) is 18.0 Å². The number of rotatable bonds is 3. The Hall–Kier alpha value is -1.91. The Bertz CT molecular complexity index is 461. The van der Waals surface area contributed by atoms with Crippen molar-refractivity contribution in [3.05, 3.63) is 39.9 Å². The van der Waals surface area contributed by atoms with Crippen LogP contribution in [0.4, 0.5) is 5.69 Å². The van der Waals surface area contributed by atoms with E-state index in [1.807, 2.05) is 12.1 Å². The van der Waals surface area contributed by atoms with Crippen molar-refractivity contribution >= 4 is 11.7 Å². The number of hydrogen-bond acceptors (Lipinski definition) is 4. The van der Waals surface area contributed by atoms with Gasteiger partial charge in [-0.1, -0.05) is 12.1 Å². The Labute approximate surface area is 111 Å². The number of non-ortho nitro benzene ring substituents is 1. The molecule has 1 saturated carbocycles. The molecule has 1 aliphatic rings. The molecule has 5 nitrogen and oxygen atoms in total. The normalized spacial score (nSPS) is 22.8. The summed E-state index contributed by atoms with van der Waals surface area (Å²) in [5.74, 6) is 0.281. The van der Waals surface area contributed by atoms with Gasteiger partial charge in [-0.2, -0.15) is 0 Å². The molecular weight excluding hydrogens is 246 g/mol. The highest BCUT2D eigenvalue weighted by Gasteiger charge is 2.27. The number of methoxy groups -OCH3 is 1. The SMILES string of the molecule is COC(=O)C1CCC(c2ccc([N+](=O)[O-])cc2)CC1. The van der Waals surface area contributed by atoms with Gasteiger partial charge in [0.2, 0.25) is 0 Å². The Morgan fingerprint density at radius 2 is 1.79 bits per heavy atom. The van der Waals surface area contributed by atoms with Gasteiger partial charge in [0.15, 0.2) is 0 Å². The Balaban J connectivity index is 1.97. The summed E-state index contributed by atoms with van der Waals surface area (Å²) < 4.78 is 4.76. The maximum Gasteiger partial charge on any atom is 0.308 e. The summed E-state index contributed by atoms with van der Waals surface area (Å²) in [7, 11) is 1.42. The number of carbonyl (C=O) groups excluding carboxylic acids is 1. The quantitative estimate of drug-likeness (QED) is 0.477. The van der Waals surface area contributed by atoms with Crippen molar-refractivity contribution in [2.75, 3.05) is 7.11 Å². The molecule has 0 spiro atoms. The molecule has 0 aromatic heterocycles. The van der Waals surface area contributed by atoms with Crippen LogP contribution < -0.4 is 0 Å². The first-order valence-corrected chi connectivity index (χ1v) is 6.44. The molecule has 0 atom stereocenters. The van der Waals surface area contributed by atoms with E-state index in [9.17, 15) is 14.9 Å². The van der Waals surface area contributed by atoms with Gasteiger partial charge in [0, 0.05) is 12.1 Å². The molecule has 1 aromatic rings. The van der Waals surface area contributed by atoms with Crippen molar-refractivity contribution in [2.45, 2.75) is 31.6 Å². The molecular formula is C14H17NO4. The summed E-state index contributed by atoms with van der Waals surface area (Å²) in [4.78, 5) is 21.6. The third-order valence-corrected chi connectivity index (χ3v) is 3.84. The second-order valence-corrected chi connectivity index (χ2v) is 4.92. The third kappa shape index (κ3) is 3.10. The molecule has 1 fully saturated rings. The molecule has 19 heavy (non-hydrogen) atoms. The van der Waals surface area contributed by atoms with E-state index < -0.39 is 4.92 Å². The van der Waals surface area contributed by atoms with Crippen LogP contribution in [0.15, 0.2) is 24.3 Å². The topological polar surface area (TPSA) is 69.4 Å². The maximum atomic E-state index is 11.4. The smallest absolute Gasteiger partial charge is 0.308 e. The first-order valence-electron chi connectivity index (χ1n) is 6.44. The average molecular weight is 263 g/mol. The second kappa shape index (κ2) is 5.82. The molecule has 0 N–H and O–H groups in total. The van der Waals surface area contributed by atoms with Crippen LogP contribution in [-0.4, -0.2) is 18.0 Å². The lowest BCUT2D eigenvalue weighted by Crippen LogP contribution is -2.22. The summed E-state index contributed by atoms with van der Waals surface area (Å²) in [6.07, 6.45) is 3.51. The van der Waals surface area contributed by atoms with Gasteiger partial charge in [-0.05, 0) is 37.2 Å². The highest BCUT2D eigenvalue weighted by Crippen LogP contribution is 2.36. The first-order chi connectivity index (χ1) is 9.11. The monoisotopic (exact) mass is 263 g/mol. The first kappa shape index (κ1) is 13.5. The summed E-state index contributed by atoms with van der Waals surface area (Å²) in [5.41, 5.74) is 1.24. The van der Waals surface area contributed by atoms with Gasteiger partial charge in [0.1, 0.15) is 0 Å². The summed E-state index contributed by atoms with van der Waals surface area (Å²) in [6.45, 7) is 0. The van der Waals surface area contributed by atoms with Crippen LogP contribution in [0.3, 0.4) is 0 Å². The van der Waals surface area contributed by atoms with Crippen molar-refractivity contribution in [3.8, 4) is 0 Å². The van der Waals surface area contributed by atoms with Crippen LogP contribution >= 0.6 is 0 Å². The van der Waals surface area contributed by atoms with Crippen molar-refractivity contribution < 1.29 is 14.5 Å². The fourth-order valence-corrected chi connectivity index (χ4v) is 2.70. The van der Waals surface area contributed by atoms with Crippen molar-refractivity contribution in [2.24, 2.45) is 5.92 Å². The molecule has 2 rings (SSSR count). The number of esters is 1. The van der Waals surface area contributed by atoms with Crippen molar-refractivity contribution in [1.82, 2.24) is 0 Å². The number of nitro groups is 1. The lowest BCUT2D eigenvalue weighted by atomic mass is 9.79. The number of nitrogens with zero attached hydrogens (tertiary/aromatic N) is 1. The summed E-state index contributed by atoms with van der Waals surface area (Å²) in [5, 5.41) is 10.6. The van der Waals surface area contributed by atoms with E-state index in [4.69, 9.17) is 4.74 Å². The molecule has 0 radical (unpaired) electrons. The molecule has 1 aliphatic carbocycles. The standard InChI is InChI=1S/C14H17NO4/c1-19-14(16)12-4-2-10(3-5-12)11-6-8-13(9-7-11)15(17)18/h6-10,12H,2-5H2,1H3. The van der Waals surface area contributed by atoms with Gasteiger partial charge < -0.3 is 4.74 Å². The zero-order valence-electron chi connectivity index (χ0n) is 10.9. The summed E-state index contributed by atoms with van der Waals surface area (Å²) in [6, 6.07) is 6.73. The van der Waals surface area contributed by atoms with E-state index in [-0.39, 0.29) is 17.6 Å². The van der Waals surface area contributed by atoms with E-state index in [1.54, 1.807) is 12.1 Å². The van der Waals surface area contributed by atoms with E-state index >= 15 is 0 Å². The van der Waals surface area contributed by atoms with Crippen LogP contribution in [0.1, 0.15) is 37.2 Å². The minimum absolute atomic E-state index is 0.0132. The van der Waals surface area contributed by atoms with Crippen LogP contribution in [0.5, 0.6) is 0 Å². The van der Waals surface area contributed by atoms with E-state index in [2.05, 4.69) is 0 Å². The molecule has 0 amide bonds. The molecule has 0 heterocycles. The Morgan fingerprint density at radius 3 is 2.26 bits per heavy atom. The van der Waals surface area contributed by atoms with Gasteiger partial charge in [-0.25, -0.2) is 0 Å². The highest BCUT2D eigenvalue weighted by molar-refractivity contribution is 5.72. The molecule has 5 heteroatoms. The fourth-order valence-electron chi connectivity index (χ4n) is 2.70. The van der Waals surface area contributed by atoms with Crippen LogP contribution in [0, 0.1) is 16.0 Å². The van der Waals surface area contributed by atoms with Crippen molar-refractivity contribution in [1.29, 1.82) is 0 Å². The van der Waals surface area contributed by atoms with E-state index in [0.29, 0.717) is 5.92 Å².